The lowest BCUT2D eigenvalue weighted by Crippen LogP contribution is -1.81. The van der Waals surface area contributed by atoms with Gasteiger partial charge in [-0.2, -0.15) is 0 Å². The number of hydrogen-bond donors (Lipinski definition) is 0. The molecule has 0 saturated heterocycles. The van der Waals surface area contributed by atoms with Gasteiger partial charge in [-0.15, -0.1) is 11.3 Å². The van der Waals surface area contributed by atoms with E-state index < -0.39 is 5.24 Å². The summed E-state index contributed by atoms with van der Waals surface area (Å²) in [6.07, 6.45) is 0. The molecule has 60 valence electrons. The fraction of sp³-hybridized carbons (Fsp3) is 0.286. The van der Waals surface area contributed by atoms with Gasteiger partial charge in [-0.3, -0.25) is 4.79 Å². The molecule has 0 spiro atoms. The zero-order valence-electron chi connectivity index (χ0n) is 5.96. The highest BCUT2D eigenvalue weighted by molar-refractivity contribution is 7.15. The molecule has 4 heteroatoms. The first-order valence-corrected chi connectivity index (χ1v) is 4.21. The average molecular weight is 191 g/mol. The van der Waals surface area contributed by atoms with Gasteiger partial charge in [-0.1, -0.05) is 0 Å². The summed E-state index contributed by atoms with van der Waals surface area (Å²) in [4.78, 5) is 12.2. The predicted octanol–water partition coefficient (Wildman–Crippen LogP) is 2.27. The van der Waals surface area contributed by atoms with Gasteiger partial charge in [0.05, 0.1) is 11.5 Å². The van der Waals surface area contributed by atoms with E-state index in [1.807, 2.05) is 6.07 Å². The molecule has 1 heterocycles. The van der Waals surface area contributed by atoms with Crippen molar-refractivity contribution in [3.63, 3.8) is 0 Å². The Morgan fingerprint density at radius 3 is 2.91 bits per heavy atom. The maximum absolute atomic E-state index is 10.6. The molecule has 0 atom stereocenters. The number of thiophene rings is 1. The minimum absolute atomic E-state index is 0.405. The summed E-state index contributed by atoms with van der Waals surface area (Å²) in [7, 11) is 1.61. The van der Waals surface area contributed by atoms with Crippen LogP contribution in [0.3, 0.4) is 0 Å². The highest BCUT2D eigenvalue weighted by Crippen LogP contribution is 2.18. The van der Waals surface area contributed by atoms with Gasteiger partial charge in [-0.25, -0.2) is 0 Å². The molecule has 1 rings (SSSR count). The monoisotopic (exact) mass is 190 g/mol. The Kier molecular flexibility index (Phi) is 3.05. The van der Waals surface area contributed by atoms with Crippen molar-refractivity contribution in [2.45, 2.75) is 6.61 Å². The van der Waals surface area contributed by atoms with Crippen molar-refractivity contribution in [2.75, 3.05) is 7.11 Å². The molecule has 1 aromatic rings. The normalized spacial score (nSPS) is 10.0. The molecule has 0 saturated carbocycles. The lowest BCUT2D eigenvalue weighted by atomic mass is 10.4. The van der Waals surface area contributed by atoms with E-state index in [1.165, 1.54) is 11.3 Å². The fourth-order valence-corrected chi connectivity index (χ4v) is 1.69. The largest absolute Gasteiger partial charge is 0.379 e. The third kappa shape index (κ3) is 2.29. The Bertz CT molecular complexity index is 257. The van der Waals surface area contributed by atoms with Gasteiger partial charge >= 0.3 is 0 Å². The zero-order chi connectivity index (χ0) is 8.27. The number of carbonyl (C=O) groups excluding carboxylic acids is 1. The highest BCUT2D eigenvalue weighted by atomic mass is 35.5. The maximum atomic E-state index is 10.6. The van der Waals surface area contributed by atoms with E-state index in [1.54, 1.807) is 13.2 Å². The van der Waals surface area contributed by atoms with Crippen molar-refractivity contribution in [2.24, 2.45) is 0 Å². The smallest absolute Gasteiger partial charge is 0.262 e. The van der Waals surface area contributed by atoms with Crippen molar-refractivity contribution in [3.05, 3.63) is 21.9 Å². The molecule has 0 amide bonds. The topological polar surface area (TPSA) is 26.3 Å². The third-order valence-electron chi connectivity index (χ3n) is 1.14. The lowest BCUT2D eigenvalue weighted by molar-refractivity contribution is 0.108. The van der Waals surface area contributed by atoms with E-state index in [2.05, 4.69) is 0 Å². The average Bonchev–Trinajstić information content (AvgIpc) is 2.37. The third-order valence-corrected chi connectivity index (χ3v) is 2.52. The number of carbonyl (C=O) groups is 1. The summed E-state index contributed by atoms with van der Waals surface area (Å²) in [6, 6.07) is 3.54. The van der Waals surface area contributed by atoms with Crippen LogP contribution in [0.4, 0.5) is 0 Å². The van der Waals surface area contributed by atoms with Gasteiger partial charge in [0.15, 0.2) is 0 Å². The van der Waals surface area contributed by atoms with Crippen molar-refractivity contribution in [1.82, 2.24) is 0 Å². The van der Waals surface area contributed by atoms with E-state index in [4.69, 9.17) is 16.3 Å². The van der Waals surface area contributed by atoms with Crippen LogP contribution in [0.5, 0.6) is 0 Å². The summed E-state index contributed by atoms with van der Waals surface area (Å²) in [6.45, 7) is 0.537. The van der Waals surface area contributed by atoms with Gasteiger partial charge in [0, 0.05) is 12.0 Å². The molecule has 0 aliphatic heterocycles. The van der Waals surface area contributed by atoms with Crippen molar-refractivity contribution >= 4 is 28.2 Å². The second kappa shape index (κ2) is 3.85. The lowest BCUT2D eigenvalue weighted by Gasteiger charge is -1.90. The molecule has 0 unspecified atom stereocenters. The van der Waals surface area contributed by atoms with Crippen molar-refractivity contribution in [1.29, 1.82) is 0 Å². The minimum Gasteiger partial charge on any atom is -0.379 e. The van der Waals surface area contributed by atoms with Crippen LogP contribution in [0.15, 0.2) is 12.1 Å². The quantitative estimate of drug-likeness (QED) is 0.684. The number of halogens is 1. The molecule has 1 aromatic heterocycles. The highest BCUT2D eigenvalue weighted by Gasteiger charge is 2.04. The Labute approximate surface area is 73.7 Å². The molecule has 0 aromatic carbocycles. The minimum atomic E-state index is -0.405. The Balaban J connectivity index is 2.73. The summed E-state index contributed by atoms with van der Waals surface area (Å²) in [5, 5.41) is -0.405. The molecule has 11 heavy (non-hydrogen) atoms. The van der Waals surface area contributed by atoms with Crippen LogP contribution in [-0.2, 0) is 11.3 Å². The molecule has 2 nitrogen and oxygen atoms in total. The summed E-state index contributed by atoms with van der Waals surface area (Å²) in [5.74, 6) is 0. The SMILES string of the molecule is COCc1ccc(C(=O)Cl)s1. The van der Waals surface area contributed by atoms with Crippen LogP contribution in [0.1, 0.15) is 14.5 Å². The zero-order valence-corrected chi connectivity index (χ0v) is 7.54. The Morgan fingerprint density at radius 2 is 2.45 bits per heavy atom. The standard InChI is InChI=1S/C7H7ClO2S/c1-10-4-5-2-3-6(11-5)7(8)9/h2-3H,4H2,1H3. The molecule has 0 radical (unpaired) electrons. The van der Waals surface area contributed by atoms with Crippen LogP contribution in [0, 0.1) is 0 Å². The number of hydrogen-bond acceptors (Lipinski definition) is 3. The van der Waals surface area contributed by atoms with Crippen LogP contribution in [0.2, 0.25) is 0 Å². The molecule has 0 bridgehead atoms. The van der Waals surface area contributed by atoms with Gasteiger partial charge in [0.1, 0.15) is 0 Å². The first-order chi connectivity index (χ1) is 5.24. The van der Waals surface area contributed by atoms with Gasteiger partial charge in [-0.05, 0) is 23.7 Å². The van der Waals surface area contributed by atoms with Crippen LogP contribution >= 0.6 is 22.9 Å². The van der Waals surface area contributed by atoms with E-state index in [-0.39, 0.29) is 0 Å². The number of ether oxygens (including phenoxy) is 1. The van der Waals surface area contributed by atoms with Crippen LogP contribution in [-0.4, -0.2) is 12.4 Å². The molecule has 0 aliphatic carbocycles. The van der Waals surface area contributed by atoms with Crippen LogP contribution < -0.4 is 0 Å². The van der Waals surface area contributed by atoms with Crippen LogP contribution in [0.25, 0.3) is 0 Å². The molecule has 0 aliphatic rings. The fourth-order valence-electron chi connectivity index (χ4n) is 0.703. The number of methoxy groups -OCH3 is 1. The van der Waals surface area contributed by atoms with E-state index in [0.29, 0.717) is 11.5 Å². The van der Waals surface area contributed by atoms with Crippen molar-refractivity contribution < 1.29 is 9.53 Å². The Morgan fingerprint density at radius 1 is 1.73 bits per heavy atom. The van der Waals surface area contributed by atoms with Crippen molar-refractivity contribution in [3.8, 4) is 0 Å². The van der Waals surface area contributed by atoms with Gasteiger partial charge < -0.3 is 4.74 Å². The summed E-state index contributed by atoms with van der Waals surface area (Å²) < 4.78 is 4.88. The van der Waals surface area contributed by atoms with Gasteiger partial charge in [0.25, 0.3) is 5.24 Å². The first kappa shape index (κ1) is 8.71. The second-order valence-electron chi connectivity index (χ2n) is 1.97. The van der Waals surface area contributed by atoms with E-state index in [0.717, 1.165) is 4.88 Å². The van der Waals surface area contributed by atoms with E-state index >= 15 is 0 Å². The maximum Gasteiger partial charge on any atom is 0.262 e. The predicted molar refractivity (Wildman–Crippen MR) is 45.2 cm³/mol. The van der Waals surface area contributed by atoms with Gasteiger partial charge in [0.2, 0.25) is 0 Å². The Hall–Kier alpha value is -0.380. The summed E-state index contributed by atoms with van der Waals surface area (Å²) >= 11 is 6.61. The molecular formula is C7H7ClO2S. The molecule has 0 fully saturated rings. The number of rotatable bonds is 3. The first-order valence-electron chi connectivity index (χ1n) is 3.01. The van der Waals surface area contributed by atoms with E-state index in [9.17, 15) is 4.79 Å². The molecular weight excluding hydrogens is 184 g/mol. The summed E-state index contributed by atoms with van der Waals surface area (Å²) in [5.41, 5.74) is 0. The molecule has 0 N–H and O–H groups in total. The second-order valence-corrected chi connectivity index (χ2v) is 3.48.